The Bertz CT molecular complexity index is 1700. The average molecular weight is 563 g/mol. The van der Waals surface area contributed by atoms with Crippen molar-refractivity contribution in [1.82, 2.24) is 14.5 Å². The van der Waals surface area contributed by atoms with Crippen LogP contribution in [0.5, 0.6) is 11.5 Å². The van der Waals surface area contributed by atoms with Crippen LogP contribution in [-0.4, -0.2) is 43.2 Å². The van der Waals surface area contributed by atoms with Crippen LogP contribution in [0.1, 0.15) is 41.0 Å². The van der Waals surface area contributed by atoms with Gasteiger partial charge in [-0.1, -0.05) is 36.4 Å². The fourth-order valence-corrected chi connectivity index (χ4v) is 6.03. The van der Waals surface area contributed by atoms with Crippen molar-refractivity contribution in [2.75, 3.05) is 18.1 Å². The van der Waals surface area contributed by atoms with Crippen molar-refractivity contribution >= 4 is 38.3 Å². The number of benzene rings is 3. The number of hydrogen-bond donors (Lipinski definition) is 1. The molecule has 1 aliphatic rings. The van der Waals surface area contributed by atoms with Crippen molar-refractivity contribution in [3.05, 3.63) is 83.2 Å². The highest BCUT2D eigenvalue weighted by Crippen LogP contribution is 2.46. The maximum absolute atomic E-state index is 13.7. The lowest BCUT2D eigenvalue weighted by Gasteiger charge is -2.16. The Morgan fingerprint density at radius 1 is 0.975 bits per heavy atom. The van der Waals surface area contributed by atoms with Gasteiger partial charge in [0.15, 0.2) is 0 Å². The van der Waals surface area contributed by atoms with Crippen molar-refractivity contribution in [1.29, 1.82) is 0 Å². The van der Waals surface area contributed by atoms with Crippen LogP contribution in [0.3, 0.4) is 0 Å². The molecule has 40 heavy (non-hydrogen) atoms. The van der Waals surface area contributed by atoms with E-state index >= 15 is 0 Å². The number of nitrogens with zero attached hydrogens (tertiary/aromatic N) is 3. The van der Waals surface area contributed by atoms with Gasteiger partial charge < -0.3 is 14.4 Å². The second-order valence-electron chi connectivity index (χ2n) is 9.40. The summed E-state index contributed by atoms with van der Waals surface area (Å²) < 4.78 is 40.8. The van der Waals surface area contributed by atoms with Gasteiger partial charge in [-0.05, 0) is 44.5 Å². The van der Waals surface area contributed by atoms with E-state index < -0.39 is 15.9 Å². The molecule has 208 valence electrons. The molecule has 0 atom stereocenters. The predicted octanol–water partition coefficient (Wildman–Crippen LogP) is 3.95. The number of rotatable bonds is 10. The summed E-state index contributed by atoms with van der Waals surface area (Å²) in [6.07, 6.45) is 1.54. The third-order valence-corrected chi connectivity index (χ3v) is 7.92. The molecule has 10 nitrogen and oxygen atoms in total. The first-order valence-electron chi connectivity index (χ1n) is 13.0. The zero-order valence-corrected chi connectivity index (χ0v) is 23.3. The average Bonchev–Trinajstić information content (AvgIpc) is 3.48. The molecule has 0 unspecified atom stereocenters. The highest BCUT2D eigenvalue weighted by molar-refractivity contribution is 7.89. The topological polar surface area (TPSA) is 120 Å². The third kappa shape index (κ3) is 5.24. The van der Waals surface area contributed by atoms with E-state index in [0.29, 0.717) is 41.5 Å². The van der Waals surface area contributed by atoms with Crippen LogP contribution in [0.2, 0.25) is 0 Å². The first kappa shape index (κ1) is 27.2. The van der Waals surface area contributed by atoms with Crippen molar-refractivity contribution in [3.63, 3.8) is 0 Å². The Morgan fingerprint density at radius 2 is 1.62 bits per heavy atom. The molecule has 0 radical (unpaired) electrons. The zero-order chi connectivity index (χ0) is 28.4. The largest absolute Gasteiger partial charge is 0.493 e. The molecule has 0 fully saturated rings. The summed E-state index contributed by atoms with van der Waals surface area (Å²) in [7, 11) is -3.94. The lowest BCUT2D eigenvalue weighted by molar-refractivity contribution is -0.120. The molecule has 3 aromatic carbocycles. The lowest BCUT2D eigenvalue weighted by atomic mass is 9.99. The van der Waals surface area contributed by atoms with Crippen molar-refractivity contribution in [2.45, 2.75) is 39.6 Å². The van der Waals surface area contributed by atoms with E-state index in [1.54, 1.807) is 48.4 Å². The molecule has 0 bridgehead atoms. The van der Waals surface area contributed by atoms with Gasteiger partial charge in [0, 0.05) is 33.9 Å². The molecule has 1 N–H and O–H groups in total. The lowest BCUT2D eigenvalue weighted by Crippen LogP contribution is -2.34. The zero-order valence-electron chi connectivity index (χ0n) is 22.5. The standard InChI is InChI=1S/C29H30N4O6S/c1-4-38-27-22-8-6-7-9-23(22)28(39-5-2)26-24(27)16-32(29(26)35)21-12-10-20(11-13-21)18-40(36,37)31-25(34)17-33-19(3)14-15-30-33/h6-15H,4-5,16-18H2,1-3H3,(H,31,34). The molecule has 0 saturated carbocycles. The maximum atomic E-state index is 13.7. The highest BCUT2D eigenvalue weighted by Gasteiger charge is 2.36. The number of aromatic nitrogens is 2. The second-order valence-corrected chi connectivity index (χ2v) is 11.1. The van der Waals surface area contributed by atoms with Gasteiger partial charge in [0.2, 0.25) is 10.0 Å². The summed E-state index contributed by atoms with van der Waals surface area (Å²) in [4.78, 5) is 27.6. The molecule has 0 aliphatic carbocycles. The van der Waals surface area contributed by atoms with E-state index in [4.69, 9.17) is 9.47 Å². The van der Waals surface area contributed by atoms with Gasteiger partial charge >= 0.3 is 0 Å². The van der Waals surface area contributed by atoms with Crippen molar-refractivity contribution < 1.29 is 27.5 Å². The number of sulfonamides is 1. The van der Waals surface area contributed by atoms with Crippen LogP contribution in [0.25, 0.3) is 10.8 Å². The Kier molecular flexibility index (Phi) is 7.49. The molecular weight excluding hydrogens is 532 g/mol. The second kappa shape index (κ2) is 11.0. The number of ether oxygens (including phenoxy) is 2. The van der Waals surface area contributed by atoms with E-state index in [-0.39, 0.29) is 24.7 Å². The molecule has 1 aromatic heterocycles. The van der Waals surface area contributed by atoms with Gasteiger partial charge in [-0.2, -0.15) is 5.10 Å². The van der Waals surface area contributed by atoms with Crippen LogP contribution < -0.4 is 19.1 Å². The fourth-order valence-electron chi connectivity index (χ4n) is 4.91. The molecule has 0 saturated heterocycles. The molecule has 11 heteroatoms. The van der Waals surface area contributed by atoms with Gasteiger partial charge in [-0.25, -0.2) is 8.42 Å². The Morgan fingerprint density at radius 3 is 2.25 bits per heavy atom. The van der Waals surface area contributed by atoms with Crippen LogP contribution in [0.4, 0.5) is 5.69 Å². The van der Waals surface area contributed by atoms with Gasteiger partial charge in [0.25, 0.3) is 11.8 Å². The van der Waals surface area contributed by atoms with Gasteiger partial charge in [0.05, 0.1) is 31.1 Å². The summed E-state index contributed by atoms with van der Waals surface area (Å²) in [6.45, 7) is 6.49. The first-order chi connectivity index (χ1) is 19.2. The van der Waals surface area contributed by atoms with Gasteiger partial charge in [0.1, 0.15) is 18.0 Å². The van der Waals surface area contributed by atoms with Crippen LogP contribution in [0, 0.1) is 6.92 Å². The number of fused-ring (bicyclic) bond motifs is 2. The van der Waals surface area contributed by atoms with Crippen LogP contribution in [-0.2, 0) is 33.7 Å². The molecule has 4 aromatic rings. The van der Waals surface area contributed by atoms with Crippen LogP contribution >= 0.6 is 0 Å². The minimum Gasteiger partial charge on any atom is -0.493 e. The predicted molar refractivity (Wildman–Crippen MR) is 151 cm³/mol. The van der Waals surface area contributed by atoms with Crippen molar-refractivity contribution in [3.8, 4) is 11.5 Å². The van der Waals surface area contributed by atoms with E-state index in [0.717, 1.165) is 22.0 Å². The quantitative estimate of drug-likeness (QED) is 0.311. The Balaban J connectivity index is 1.37. The summed E-state index contributed by atoms with van der Waals surface area (Å²) in [5.41, 5.74) is 3.06. The molecule has 2 heterocycles. The molecule has 2 amide bonds. The maximum Gasteiger partial charge on any atom is 0.262 e. The minimum absolute atomic E-state index is 0.197. The van der Waals surface area contributed by atoms with E-state index in [9.17, 15) is 18.0 Å². The third-order valence-electron chi connectivity index (χ3n) is 6.67. The number of hydrogen-bond acceptors (Lipinski definition) is 7. The summed E-state index contributed by atoms with van der Waals surface area (Å²) in [6, 6.07) is 16.1. The van der Waals surface area contributed by atoms with E-state index in [1.807, 2.05) is 38.1 Å². The summed E-state index contributed by atoms with van der Waals surface area (Å²) in [5, 5.41) is 5.69. The first-order valence-corrected chi connectivity index (χ1v) is 14.6. The van der Waals surface area contributed by atoms with E-state index in [1.165, 1.54) is 4.68 Å². The molecular formula is C29H30N4O6S. The fraction of sp³-hybridized carbons (Fsp3) is 0.276. The van der Waals surface area contributed by atoms with Crippen molar-refractivity contribution in [2.24, 2.45) is 0 Å². The summed E-state index contributed by atoms with van der Waals surface area (Å²) in [5.74, 6) is -0.0817. The van der Waals surface area contributed by atoms with E-state index in [2.05, 4.69) is 9.82 Å². The molecule has 1 aliphatic heterocycles. The smallest absolute Gasteiger partial charge is 0.262 e. The number of anilines is 1. The highest BCUT2D eigenvalue weighted by atomic mass is 32.2. The number of carbonyl (C=O) groups is 2. The SMILES string of the molecule is CCOc1c2c(c(OCC)c3ccccc13)C(=O)N(c1ccc(CS(=O)(=O)NC(=O)Cn3nccc3C)cc1)C2. The number of amides is 2. The van der Waals surface area contributed by atoms with Gasteiger partial charge in [-0.3, -0.25) is 19.0 Å². The van der Waals surface area contributed by atoms with Gasteiger partial charge in [-0.15, -0.1) is 0 Å². The monoisotopic (exact) mass is 562 g/mol. The number of nitrogens with one attached hydrogen (secondary N) is 1. The minimum atomic E-state index is -3.94. The van der Waals surface area contributed by atoms with Crippen LogP contribution in [0.15, 0.2) is 60.8 Å². The normalized spacial score (nSPS) is 13.0. The molecule has 5 rings (SSSR count). The molecule has 0 spiro atoms. The summed E-state index contributed by atoms with van der Waals surface area (Å²) >= 11 is 0. The number of carbonyl (C=O) groups excluding carboxylic acids is 2. The number of aryl methyl sites for hydroxylation is 1. The Hall–Kier alpha value is -4.38. The Labute approximate surface area is 232 Å².